The fourth-order valence-electron chi connectivity index (χ4n) is 3.36. The largest absolute Gasteiger partial charge is 0.497 e. The number of hydrogen-bond donors (Lipinski definition) is 0. The van der Waals surface area contributed by atoms with Gasteiger partial charge in [0.1, 0.15) is 17.6 Å². The molecule has 0 radical (unpaired) electrons. The van der Waals surface area contributed by atoms with E-state index in [2.05, 4.69) is 5.10 Å². The Bertz CT molecular complexity index is 888. The third kappa shape index (κ3) is 3.65. The summed E-state index contributed by atoms with van der Waals surface area (Å²) in [7, 11) is 1.61. The zero-order valence-electron chi connectivity index (χ0n) is 15.8. The van der Waals surface area contributed by atoms with Crippen LogP contribution in [0.5, 0.6) is 5.75 Å². The van der Waals surface area contributed by atoms with Gasteiger partial charge in [-0.25, -0.2) is 5.01 Å². The van der Waals surface area contributed by atoms with Gasteiger partial charge in [0.05, 0.1) is 25.0 Å². The summed E-state index contributed by atoms with van der Waals surface area (Å²) in [6.45, 7) is 1.67. The number of hydrazone groups is 1. The third-order valence-electron chi connectivity index (χ3n) is 5.21. The molecule has 7 nitrogen and oxygen atoms in total. The number of carbonyl (C=O) groups is 2. The summed E-state index contributed by atoms with van der Waals surface area (Å²) in [6, 6.07) is 10.7. The van der Waals surface area contributed by atoms with E-state index in [1.165, 1.54) is 5.01 Å². The smallest absolute Gasteiger partial charge is 0.309 e. The summed E-state index contributed by atoms with van der Waals surface area (Å²) in [5, 5.41) is 5.88. The van der Waals surface area contributed by atoms with Crippen molar-refractivity contribution in [3.05, 3.63) is 54.0 Å². The molecular weight excluding hydrogens is 360 g/mol. The molecule has 1 saturated carbocycles. The Labute approximate surface area is 162 Å². The topological polar surface area (TPSA) is 81.3 Å². The number of hydrogen-bond acceptors (Lipinski definition) is 6. The fraction of sp³-hybridized carbons (Fsp3) is 0.381. The van der Waals surface area contributed by atoms with Crippen molar-refractivity contribution in [2.75, 3.05) is 13.7 Å². The van der Waals surface area contributed by atoms with Gasteiger partial charge in [-0.2, -0.15) is 5.10 Å². The summed E-state index contributed by atoms with van der Waals surface area (Å²) in [4.78, 5) is 24.7. The van der Waals surface area contributed by atoms with E-state index in [1.54, 1.807) is 19.4 Å². The highest BCUT2D eigenvalue weighted by molar-refractivity contribution is 6.03. The number of benzene rings is 1. The molecule has 1 aliphatic carbocycles. The maximum absolute atomic E-state index is 12.7. The van der Waals surface area contributed by atoms with Crippen molar-refractivity contribution in [3.63, 3.8) is 0 Å². The van der Waals surface area contributed by atoms with Crippen molar-refractivity contribution >= 4 is 17.6 Å². The molecule has 0 unspecified atom stereocenters. The first-order valence-electron chi connectivity index (χ1n) is 9.31. The normalized spacial score (nSPS) is 23.3. The van der Waals surface area contributed by atoms with Crippen molar-refractivity contribution in [2.24, 2.45) is 16.9 Å². The summed E-state index contributed by atoms with van der Waals surface area (Å²) in [5.41, 5.74) is 1.66. The van der Waals surface area contributed by atoms with E-state index in [0.29, 0.717) is 18.1 Å². The van der Waals surface area contributed by atoms with Crippen molar-refractivity contribution in [2.45, 2.75) is 25.8 Å². The fourth-order valence-corrected chi connectivity index (χ4v) is 3.36. The van der Waals surface area contributed by atoms with E-state index < -0.39 is 0 Å². The van der Waals surface area contributed by atoms with Crippen LogP contribution in [-0.4, -0.2) is 36.3 Å². The van der Waals surface area contributed by atoms with Crippen LogP contribution in [0.15, 0.2) is 52.2 Å². The summed E-state index contributed by atoms with van der Waals surface area (Å²) >= 11 is 0. The molecule has 28 heavy (non-hydrogen) atoms. The van der Waals surface area contributed by atoms with Gasteiger partial charge in [0.15, 0.2) is 6.61 Å². The predicted molar refractivity (Wildman–Crippen MR) is 101 cm³/mol. The number of nitrogens with zero attached hydrogens (tertiary/aromatic N) is 2. The molecule has 1 aromatic carbocycles. The molecule has 2 aliphatic rings. The average molecular weight is 382 g/mol. The van der Waals surface area contributed by atoms with Gasteiger partial charge in [-0.15, -0.1) is 0 Å². The number of ether oxygens (including phenoxy) is 2. The summed E-state index contributed by atoms with van der Waals surface area (Å²) in [6.07, 6.45) is 2.91. The lowest BCUT2D eigenvalue weighted by Crippen LogP contribution is -2.31. The van der Waals surface area contributed by atoms with Crippen molar-refractivity contribution in [3.8, 4) is 5.75 Å². The van der Waals surface area contributed by atoms with E-state index in [0.717, 1.165) is 23.4 Å². The highest BCUT2D eigenvalue weighted by Crippen LogP contribution is 2.39. The lowest BCUT2D eigenvalue weighted by atomic mass is 10.0. The predicted octanol–water partition coefficient (Wildman–Crippen LogP) is 3.17. The molecule has 2 aromatic rings. The Balaban J connectivity index is 1.51. The molecule has 0 saturated heterocycles. The molecule has 1 aromatic heterocycles. The Morgan fingerprint density at radius 2 is 2.00 bits per heavy atom. The number of carbonyl (C=O) groups excluding carboxylic acids is 2. The molecule has 1 aliphatic heterocycles. The van der Waals surface area contributed by atoms with E-state index in [9.17, 15) is 9.59 Å². The molecule has 0 spiro atoms. The Morgan fingerprint density at radius 3 is 2.61 bits per heavy atom. The molecule has 1 amide bonds. The lowest BCUT2D eigenvalue weighted by Gasteiger charge is -2.19. The minimum absolute atomic E-state index is 0.0781. The van der Waals surface area contributed by atoms with Gasteiger partial charge in [0.2, 0.25) is 0 Å². The molecule has 0 bridgehead atoms. The first-order chi connectivity index (χ1) is 13.6. The first kappa shape index (κ1) is 18.3. The second-order valence-corrected chi connectivity index (χ2v) is 7.18. The van der Waals surface area contributed by atoms with Gasteiger partial charge in [-0.1, -0.05) is 6.92 Å². The maximum atomic E-state index is 12.7. The summed E-state index contributed by atoms with van der Waals surface area (Å²) < 4.78 is 15.9. The van der Waals surface area contributed by atoms with Gasteiger partial charge in [-0.05, 0) is 54.3 Å². The van der Waals surface area contributed by atoms with Crippen LogP contribution < -0.4 is 4.74 Å². The van der Waals surface area contributed by atoms with Gasteiger partial charge in [0, 0.05) is 6.42 Å². The van der Waals surface area contributed by atoms with Crippen LogP contribution in [-0.2, 0) is 14.3 Å². The van der Waals surface area contributed by atoms with Crippen LogP contribution in [0.4, 0.5) is 0 Å². The van der Waals surface area contributed by atoms with Gasteiger partial charge >= 0.3 is 5.97 Å². The minimum atomic E-state index is -0.369. The Kier molecular flexibility index (Phi) is 4.90. The standard InChI is InChI=1S/C21H22N2O5/c1-13-10-16(13)21(25)28-12-20(24)23-18(19-4-3-9-27-19)11-17(22-23)14-5-7-15(26-2)8-6-14/h3-9,13,16,18H,10-12H2,1-2H3/t13-,16-,18-/m0/s1. The van der Waals surface area contributed by atoms with Crippen LogP contribution in [0.2, 0.25) is 0 Å². The van der Waals surface area contributed by atoms with Crippen molar-refractivity contribution < 1.29 is 23.5 Å². The molecule has 7 heteroatoms. The van der Waals surface area contributed by atoms with E-state index in [1.807, 2.05) is 37.3 Å². The van der Waals surface area contributed by atoms with Crippen LogP contribution in [0.3, 0.4) is 0 Å². The molecular formula is C21H22N2O5. The lowest BCUT2D eigenvalue weighted by molar-refractivity contribution is -0.154. The van der Waals surface area contributed by atoms with Gasteiger partial charge in [0.25, 0.3) is 5.91 Å². The number of methoxy groups -OCH3 is 1. The SMILES string of the molecule is COc1ccc(C2=NN(C(=O)COC(=O)[C@H]3C[C@@H]3C)[C@H](c3ccco3)C2)cc1. The molecule has 1 fully saturated rings. The molecule has 146 valence electrons. The zero-order chi connectivity index (χ0) is 19.7. The van der Waals surface area contributed by atoms with Crippen LogP contribution in [0, 0.1) is 11.8 Å². The van der Waals surface area contributed by atoms with E-state index in [-0.39, 0.29) is 30.4 Å². The third-order valence-corrected chi connectivity index (χ3v) is 5.21. The van der Waals surface area contributed by atoms with Gasteiger partial charge < -0.3 is 13.9 Å². The van der Waals surface area contributed by atoms with E-state index >= 15 is 0 Å². The molecule has 3 atom stereocenters. The van der Waals surface area contributed by atoms with Crippen LogP contribution in [0.25, 0.3) is 0 Å². The quantitative estimate of drug-likeness (QED) is 0.717. The van der Waals surface area contributed by atoms with Crippen LogP contribution in [0.1, 0.15) is 37.1 Å². The first-order valence-corrected chi connectivity index (χ1v) is 9.31. The Hall–Kier alpha value is -3.09. The monoisotopic (exact) mass is 382 g/mol. The number of esters is 1. The minimum Gasteiger partial charge on any atom is -0.497 e. The highest BCUT2D eigenvalue weighted by atomic mass is 16.5. The second kappa shape index (κ2) is 7.50. The Morgan fingerprint density at radius 1 is 1.25 bits per heavy atom. The van der Waals surface area contributed by atoms with Crippen LogP contribution >= 0.6 is 0 Å². The van der Waals surface area contributed by atoms with Crippen molar-refractivity contribution in [1.82, 2.24) is 5.01 Å². The van der Waals surface area contributed by atoms with E-state index in [4.69, 9.17) is 13.9 Å². The average Bonchev–Trinajstić information content (AvgIpc) is 3.12. The van der Waals surface area contributed by atoms with Crippen molar-refractivity contribution in [1.29, 1.82) is 0 Å². The number of amides is 1. The molecule has 4 rings (SSSR count). The number of rotatable bonds is 6. The maximum Gasteiger partial charge on any atom is 0.309 e. The number of furan rings is 1. The highest BCUT2D eigenvalue weighted by Gasteiger charge is 2.41. The molecule has 0 N–H and O–H groups in total. The zero-order valence-corrected chi connectivity index (χ0v) is 15.8. The molecule has 2 heterocycles. The summed E-state index contributed by atoms with van der Waals surface area (Å²) in [5.74, 6) is 0.970. The second-order valence-electron chi connectivity index (χ2n) is 7.18. The van der Waals surface area contributed by atoms with Gasteiger partial charge in [-0.3, -0.25) is 9.59 Å².